The van der Waals surface area contributed by atoms with Crippen molar-refractivity contribution in [2.24, 2.45) is 0 Å². The molecule has 20 heavy (non-hydrogen) atoms. The van der Waals surface area contributed by atoms with Gasteiger partial charge in [-0.05, 0) is 6.07 Å². The summed E-state index contributed by atoms with van der Waals surface area (Å²) in [6, 6.07) is 2.81. The molecular weight excluding hydrogens is 304 g/mol. The van der Waals surface area contributed by atoms with Crippen LogP contribution in [-0.4, -0.2) is 27.9 Å². The molecule has 0 bridgehead atoms. The van der Waals surface area contributed by atoms with Crippen molar-refractivity contribution in [1.29, 1.82) is 0 Å². The topological polar surface area (TPSA) is 46.9 Å². The molecule has 0 aliphatic carbocycles. The predicted octanol–water partition coefficient (Wildman–Crippen LogP) is 2.67. The lowest BCUT2D eigenvalue weighted by Crippen LogP contribution is -2.17. The van der Waals surface area contributed by atoms with Crippen molar-refractivity contribution in [1.82, 2.24) is 14.9 Å². The Bertz CT molecular complexity index is 686. The van der Waals surface area contributed by atoms with E-state index in [0.717, 1.165) is 5.82 Å². The second-order valence-electron chi connectivity index (χ2n) is 4.75. The standard InChI is InChI=1S/C13H12Cl2FN3O/c14-2-1-12-18-10-4-8(15)9(16)5-11(10)19(12)7-3-13(20)17-6-7/h4-5,7H,1-3,6H2,(H,17,20). The number of hydrogen-bond donors (Lipinski definition) is 1. The van der Waals surface area contributed by atoms with Gasteiger partial charge in [0.15, 0.2) is 0 Å². The Morgan fingerprint density at radius 3 is 2.95 bits per heavy atom. The van der Waals surface area contributed by atoms with Crippen molar-refractivity contribution in [3.05, 3.63) is 28.8 Å². The average molecular weight is 316 g/mol. The van der Waals surface area contributed by atoms with E-state index in [0.29, 0.717) is 36.3 Å². The number of aromatic nitrogens is 2. The molecular formula is C13H12Cl2FN3O. The van der Waals surface area contributed by atoms with Gasteiger partial charge in [-0.3, -0.25) is 4.79 Å². The van der Waals surface area contributed by atoms with Crippen molar-refractivity contribution in [3.8, 4) is 0 Å². The molecule has 2 heterocycles. The average Bonchev–Trinajstić information content (AvgIpc) is 2.94. The predicted molar refractivity (Wildman–Crippen MR) is 75.8 cm³/mol. The molecule has 0 radical (unpaired) electrons. The van der Waals surface area contributed by atoms with Crippen LogP contribution in [0.2, 0.25) is 5.02 Å². The van der Waals surface area contributed by atoms with Crippen molar-refractivity contribution in [3.63, 3.8) is 0 Å². The number of imidazole rings is 1. The van der Waals surface area contributed by atoms with Gasteiger partial charge in [0.2, 0.25) is 5.91 Å². The number of rotatable bonds is 3. The van der Waals surface area contributed by atoms with Crippen LogP contribution in [0.15, 0.2) is 12.1 Å². The highest BCUT2D eigenvalue weighted by Gasteiger charge is 2.27. The molecule has 1 unspecified atom stereocenters. The minimum atomic E-state index is -0.491. The highest BCUT2D eigenvalue weighted by atomic mass is 35.5. The van der Waals surface area contributed by atoms with E-state index in [1.54, 1.807) is 0 Å². The number of alkyl halides is 1. The number of halogens is 3. The Morgan fingerprint density at radius 1 is 1.50 bits per heavy atom. The first-order chi connectivity index (χ1) is 9.60. The van der Waals surface area contributed by atoms with Gasteiger partial charge in [0.25, 0.3) is 0 Å². The fourth-order valence-corrected chi connectivity index (χ4v) is 2.91. The molecule has 0 saturated carbocycles. The monoisotopic (exact) mass is 315 g/mol. The van der Waals surface area contributed by atoms with Crippen molar-refractivity contribution in [2.75, 3.05) is 12.4 Å². The van der Waals surface area contributed by atoms with Crippen LogP contribution in [0.25, 0.3) is 11.0 Å². The van der Waals surface area contributed by atoms with Gasteiger partial charge in [0.1, 0.15) is 11.6 Å². The number of nitrogens with zero attached hydrogens (tertiary/aromatic N) is 2. The van der Waals surface area contributed by atoms with Crippen molar-refractivity contribution >= 4 is 40.1 Å². The third-order valence-electron chi connectivity index (χ3n) is 3.44. The first-order valence-corrected chi connectivity index (χ1v) is 7.20. The van der Waals surface area contributed by atoms with Crippen LogP contribution < -0.4 is 5.32 Å². The van der Waals surface area contributed by atoms with Gasteiger partial charge in [0, 0.05) is 31.3 Å². The molecule has 1 aromatic heterocycles. The minimum Gasteiger partial charge on any atom is -0.354 e. The summed E-state index contributed by atoms with van der Waals surface area (Å²) in [6.07, 6.45) is 0.922. The summed E-state index contributed by atoms with van der Waals surface area (Å²) in [5.74, 6) is 0.657. The lowest BCUT2D eigenvalue weighted by Gasteiger charge is -2.14. The maximum atomic E-state index is 13.7. The van der Waals surface area contributed by atoms with Crippen LogP contribution in [0.5, 0.6) is 0 Å². The molecule has 1 fully saturated rings. The van der Waals surface area contributed by atoms with E-state index in [9.17, 15) is 9.18 Å². The number of benzene rings is 1. The summed E-state index contributed by atoms with van der Waals surface area (Å²) in [6.45, 7) is 0.518. The largest absolute Gasteiger partial charge is 0.354 e. The van der Waals surface area contributed by atoms with E-state index in [4.69, 9.17) is 23.2 Å². The molecule has 1 aliphatic rings. The van der Waals surface area contributed by atoms with Gasteiger partial charge in [0.05, 0.1) is 22.1 Å². The normalized spacial score (nSPS) is 18.8. The first-order valence-electron chi connectivity index (χ1n) is 6.28. The Balaban J connectivity index is 2.17. The smallest absolute Gasteiger partial charge is 0.222 e. The number of fused-ring (bicyclic) bond motifs is 1. The SMILES string of the molecule is O=C1CC(n2c(CCCl)nc3cc(Cl)c(F)cc32)CN1. The number of aryl methyl sites for hydroxylation is 1. The molecule has 1 amide bonds. The zero-order chi connectivity index (χ0) is 14.3. The number of carbonyl (C=O) groups is 1. The molecule has 7 heteroatoms. The highest BCUT2D eigenvalue weighted by Crippen LogP contribution is 2.29. The Kier molecular flexibility index (Phi) is 3.56. The van der Waals surface area contributed by atoms with Crippen LogP contribution in [-0.2, 0) is 11.2 Å². The van der Waals surface area contributed by atoms with Gasteiger partial charge in [-0.1, -0.05) is 11.6 Å². The zero-order valence-corrected chi connectivity index (χ0v) is 12.0. The molecule has 1 aliphatic heterocycles. The van der Waals surface area contributed by atoms with Crippen LogP contribution in [0.3, 0.4) is 0 Å². The molecule has 1 N–H and O–H groups in total. The summed E-state index contributed by atoms with van der Waals surface area (Å²) < 4.78 is 15.6. The van der Waals surface area contributed by atoms with Gasteiger partial charge < -0.3 is 9.88 Å². The van der Waals surface area contributed by atoms with E-state index in [2.05, 4.69) is 10.3 Å². The summed E-state index contributed by atoms with van der Waals surface area (Å²) in [4.78, 5) is 15.9. The number of hydrogen-bond acceptors (Lipinski definition) is 2. The van der Waals surface area contributed by atoms with E-state index >= 15 is 0 Å². The molecule has 4 nitrogen and oxygen atoms in total. The molecule has 0 spiro atoms. The summed E-state index contributed by atoms with van der Waals surface area (Å²) >= 11 is 11.6. The minimum absolute atomic E-state index is 0.0110. The van der Waals surface area contributed by atoms with Gasteiger partial charge in [-0.25, -0.2) is 9.37 Å². The maximum absolute atomic E-state index is 13.7. The molecule has 2 aromatic rings. The van der Waals surface area contributed by atoms with Crippen molar-refractivity contribution < 1.29 is 9.18 Å². The van der Waals surface area contributed by atoms with E-state index in [1.807, 2.05) is 4.57 Å². The van der Waals surface area contributed by atoms with Crippen LogP contribution >= 0.6 is 23.2 Å². The third-order valence-corrected chi connectivity index (χ3v) is 3.92. The summed E-state index contributed by atoms with van der Waals surface area (Å²) in [5.41, 5.74) is 1.27. The third kappa shape index (κ3) is 2.25. The number of nitrogens with one attached hydrogen (secondary N) is 1. The van der Waals surface area contributed by atoms with Crippen LogP contribution in [0.4, 0.5) is 4.39 Å². The molecule has 3 rings (SSSR count). The van der Waals surface area contributed by atoms with E-state index < -0.39 is 5.82 Å². The lowest BCUT2D eigenvalue weighted by molar-refractivity contribution is -0.119. The van der Waals surface area contributed by atoms with E-state index in [1.165, 1.54) is 12.1 Å². The summed E-state index contributed by atoms with van der Waals surface area (Å²) in [5, 5.41) is 2.82. The fourth-order valence-electron chi connectivity index (χ4n) is 2.58. The fraction of sp³-hybridized carbons (Fsp3) is 0.385. The summed E-state index contributed by atoms with van der Waals surface area (Å²) in [7, 11) is 0. The molecule has 106 valence electrons. The van der Waals surface area contributed by atoms with Gasteiger partial charge >= 0.3 is 0 Å². The van der Waals surface area contributed by atoms with Crippen LogP contribution in [0.1, 0.15) is 18.3 Å². The second kappa shape index (κ2) is 5.22. The molecule has 1 atom stereocenters. The Morgan fingerprint density at radius 2 is 2.30 bits per heavy atom. The van der Waals surface area contributed by atoms with Gasteiger partial charge in [-0.15, -0.1) is 11.6 Å². The van der Waals surface area contributed by atoms with Crippen LogP contribution in [0, 0.1) is 5.82 Å². The Hall–Kier alpha value is -1.33. The first kappa shape index (κ1) is 13.6. The molecule has 1 saturated heterocycles. The Labute approximate surface area is 124 Å². The van der Waals surface area contributed by atoms with Gasteiger partial charge in [-0.2, -0.15) is 0 Å². The highest BCUT2D eigenvalue weighted by molar-refractivity contribution is 6.31. The zero-order valence-electron chi connectivity index (χ0n) is 10.5. The lowest BCUT2D eigenvalue weighted by atomic mass is 10.2. The number of carbonyl (C=O) groups excluding carboxylic acids is 1. The van der Waals surface area contributed by atoms with Crippen molar-refractivity contribution in [2.45, 2.75) is 18.9 Å². The number of amides is 1. The van der Waals surface area contributed by atoms with E-state index in [-0.39, 0.29) is 17.0 Å². The second-order valence-corrected chi connectivity index (χ2v) is 5.54. The molecule has 1 aromatic carbocycles. The maximum Gasteiger partial charge on any atom is 0.222 e. The quantitative estimate of drug-likeness (QED) is 0.885.